The van der Waals surface area contributed by atoms with Crippen LogP contribution in [0, 0.1) is 35.5 Å². The molecule has 4 unspecified atom stereocenters. The molecule has 6 aliphatic rings. The molecule has 0 aromatic carbocycles. The molecule has 18 nitrogen and oxygen atoms in total. The topological polar surface area (TPSA) is 177 Å². The zero-order valence-electron chi connectivity index (χ0n) is 57.5. The highest BCUT2D eigenvalue weighted by Gasteiger charge is 2.31. The van der Waals surface area contributed by atoms with Gasteiger partial charge in [0.1, 0.15) is 0 Å². The number of hydrogen-bond acceptors (Lipinski definition) is 18. The number of carbonyl (C=O) groups excluding carboxylic acids is 6. The predicted molar refractivity (Wildman–Crippen MR) is 353 cm³/mol. The van der Waals surface area contributed by atoms with E-state index in [-0.39, 0.29) is 35.8 Å². The molecule has 0 aromatic heterocycles. The van der Waals surface area contributed by atoms with Gasteiger partial charge in [0.15, 0.2) is 0 Å². The number of piperidine rings is 2. The molecule has 6 fully saturated rings. The Balaban J connectivity index is 0.000000286. The van der Waals surface area contributed by atoms with E-state index >= 15 is 0 Å². The van der Waals surface area contributed by atoms with Crippen LogP contribution in [0.3, 0.4) is 0 Å². The van der Waals surface area contributed by atoms with Crippen molar-refractivity contribution in [2.45, 2.75) is 228 Å². The molecule has 516 valence electrons. The minimum Gasteiger partial charge on any atom is -0.466 e. The van der Waals surface area contributed by atoms with E-state index in [1.54, 1.807) is 0 Å². The first kappa shape index (κ1) is 78.0. The summed E-state index contributed by atoms with van der Waals surface area (Å²) >= 11 is 0. The number of rotatable bonds is 38. The van der Waals surface area contributed by atoms with Crippen molar-refractivity contribution in [2.24, 2.45) is 35.5 Å². The first-order chi connectivity index (χ1) is 43.3. The van der Waals surface area contributed by atoms with E-state index in [4.69, 9.17) is 28.4 Å². The first-order valence-electron chi connectivity index (χ1n) is 36.6. The molecule has 89 heavy (non-hydrogen) atoms. The maximum atomic E-state index is 11.8. The second-order valence-corrected chi connectivity index (χ2v) is 27.0. The third-order valence-electron chi connectivity index (χ3n) is 19.2. The van der Waals surface area contributed by atoms with Gasteiger partial charge in [0.25, 0.3) is 0 Å². The van der Waals surface area contributed by atoms with E-state index in [1.165, 1.54) is 109 Å². The number of carbonyl (C=O) groups is 6. The smallest absolute Gasteiger partial charge is 0.307 e. The van der Waals surface area contributed by atoms with E-state index in [0.717, 1.165) is 192 Å². The van der Waals surface area contributed by atoms with E-state index < -0.39 is 0 Å². The number of ether oxygens (including phenoxy) is 6. The van der Waals surface area contributed by atoms with E-state index in [9.17, 15) is 28.8 Å². The summed E-state index contributed by atoms with van der Waals surface area (Å²) in [5.74, 6) is 4.51. The SMILES string of the molecule is CCCOC(=O)CCN1CCC(CC2CCN(CCC(=O)OCCC)C2)C1.CCCOC(=O)CCN1CCC(CCCC2CCN(CCC(=O)OCCC)CC2)CC1.CCCOC(=O)CCN1CCCC(CC2CCCN(CCC(=O)OCCC)CC2)CC1. The van der Waals surface area contributed by atoms with Crippen LogP contribution in [0.25, 0.3) is 0 Å². The molecule has 4 atom stereocenters. The highest BCUT2D eigenvalue weighted by Crippen LogP contribution is 2.32. The highest BCUT2D eigenvalue weighted by atomic mass is 16.5. The van der Waals surface area contributed by atoms with Crippen LogP contribution < -0.4 is 0 Å². The quantitative estimate of drug-likeness (QED) is 0.0421. The van der Waals surface area contributed by atoms with Crippen LogP contribution in [0.2, 0.25) is 0 Å². The van der Waals surface area contributed by atoms with Crippen molar-refractivity contribution in [2.75, 3.05) is 157 Å². The lowest BCUT2D eigenvalue weighted by Gasteiger charge is -2.33. The van der Waals surface area contributed by atoms with Gasteiger partial charge in [0.05, 0.1) is 78.2 Å². The van der Waals surface area contributed by atoms with Crippen molar-refractivity contribution in [3.63, 3.8) is 0 Å². The number of likely N-dealkylation sites (tertiary alicyclic amines) is 6. The molecule has 6 heterocycles. The Kier molecular flexibility index (Phi) is 43.1. The lowest BCUT2D eigenvalue weighted by Crippen LogP contribution is -2.36. The van der Waals surface area contributed by atoms with Crippen molar-refractivity contribution in [1.29, 1.82) is 0 Å². The lowest BCUT2D eigenvalue weighted by molar-refractivity contribution is -0.145. The Morgan fingerprint density at radius 2 is 0.506 bits per heavy atom. The zero-order valence-corrected chi connectivity index (χ0v) is 57.5. The average Bonchev–Trinajstić information content (AvgIpc) is 4.31. The van der Waals surface area contributed by atoms with E-state index in [0.29, 0.717) is 78.2 Å². The number of nitrogens with zero attached hydrogens (tertiary/aromatic N) is 6. The van der Waals surface area contributed by atoms with E-state index in [2.05, 4.69) is 29.4 Å². The fourth-order valence-electron chi connectivity index (χ4n) is 13.8. The summed E-state index contributed by atoms with van der Waals surface area (Å²) in [6.07, 6.45) is 30.4. The first-order valence-corrected chi connectivity index (χ1v) is 36.6. The monoisotopic (exact) mass is 1260 g/mol. The van der Waals surface area contributed by atoms with Gasteiger partial charge in [-0.05, 0) is 229 Å². The maximum absolute atomic E-state index is 11.8. The van der Waals surface area contributed by atoms with Gasteiger partial charge in [-0.2, -0.15) is 0 Å². The summed E-state index contributed by atoms with van der Waals surface area (Å²) in [5, 5.41) is 0. The van der Waals surface area contributed by atoms with Gasteiger partial charge in [-0.3, -0.25) is 28.8 Å². The fourth-order valence-corrected chi connectivity index (χ4v) is 13.8. The van der Waals surface area contributed by atoms with Crippen LogP contribution in [-0.2, 0) is 57.2 Å². The van der Waals surface area contributed by atoms with Gasteiger partial charge >= 0.3 is 35.8 Å². The van der Waals surface area contributed by atoms with Crippen LogP contribution in [-0.4, -0.2) is 223 Å². The van der Waals surface area contributed by atoms with Crippen molar-refractivity contribution < 1.29 is 57.2 Å². The summed E-state index contributed by atoms with van der Waals surface area (Å²) < 4.78 is 31.1. The maximum Gasteiger partial charge on any atom is 0.307 e. The molecule has 0 bridgehead atoms. The summed E-state index contributed by atoms with van der Waals surface area (Å²) in [7, 11) is 0. The molecule has 6 rings (SSSR count). The van der Waals surface area contributed by atoms with Crippen LogP contribution >= 0.6 is 0 Å². The molecule has 0 aliphatic carbocycles. The third kappa shape index (κ3) is 37.2. The standard InChI is InChI=1S/2C25H46N2O4.C21H38N2O4/c1-3-19-30-24(28)11-17-26-13-5-7-22(9-15-26)21-23-8-6-14-27(16-10-23)18-12-25(29)31-20-4-2;1-3-20-30-24(28)12-18-26-14-8-22(9-15-26)6-5-7-23-10-16-27(17-11-23)19-13-25(29)31-21-4-2;1-3-13-26-20(24)7-11-22-9-5-18(16-22)15-19-6-10-23(17-19)12-8-21(25)27-14-4-2/h2*22-23H,3-21H2,1-2H3;18-19H,3-17H2,1-2H3. The van der Waals surface area contributed by atoms with Gasteiger partial charge in [0.2, 0.25) is 0 Å². The van der Waals surface area contributed by atoms with Gasteiger partial charge in [-0.25, -0.2) is 0 Å². The van der Waals surface area contributed by atoms with Crippen molar-refractivity contribution in [3.8, 4) is 0 Å². The van der Waals surface area contributed by atoms with Crippen LogP contribution in [0.5, 0.6) is 0 Å². The molecule has 0 saturated carbocycles. The summed E-state index contributed by atoms with van der Waals surface area (Å²) in [6.45, 7) is 33.8. The Morgan fingerprint density at radius 1 is 0.281 bits per heavy atom. The summed E-state index contributed by atoms with van der Waals surface area (Å²) in [6, 6.07) is 0. The van der Waals surface area contributed by atoms with Crippen molar-refractivity contribution >= 4 is 35.8 Å². The van der Waals surface area contributed by atoms with Crippen LogP contribution in [0.15, 0.2) is 0 Å². The molecule has 0 amide bonds. The van der Waals surface area contributed by atoms with Gasteiger partial charge in [0, 0.05) is 52.4 Å². The second kappa shape index (κ2) is 49.2. The Hall–Kier alpha value is -3.42. The van der Waals surface area contributed by atoms with E-state index in [1.807, 2.05) is 41.5 Å². The van der Waals surface area contributed by atoms with Crippen molar-refractivity contribution in [3.05, 3.63) is 0 Å². The van der Waals surface area contributed by atoms with Gasteiger partial charge in [-0.15, -0.1) is 0 Å². The van der Waals surface area contributed by atoms with Gasteiger partial charge < -0.3 is 57.8 Å². The minimum absolute atomic E-state index is 0.0496. The molecule has 18 heteroatoms. The Labute approximate surface area is 540 Å². The fraction of sp³-hybridized carbons (Fsp3) is 0.915. The molecule has 0 N–H and O–H groups in total. The molecular weight excluding hydrogens is 1130 g/mol. The minimum atomic E-state index is -0.0656. The van der Waals surface area contributed by atoms with Gasteiger partial charge in [-0.1, -0.05) is 60.8 Å². The lowest BCUT2D eigenvalue weighted by atomic mass is 9.85. The van der Waals surface area contributed by atoms with Crippen LogP contribution in [0.4, 0.5) is 0 Å². The zero-order chi connectivity index (χ0) is 64.1. The summed E-state index contributed by atoms with van der Waals surface area (Å²) in [4.78, 5) is 84.7. The third-order valence-corrected chi connectivity index (χ3v) is 19.2. The normalized spacial score (nSPS) is 22.2. The molecule has 6 saturated heterocycles. The van der Waals surface area contributed by atoms with Crippen LogP contribution in [0.1, 0.15) is 228 Å². The Bertz CT molecular complexity index is 1760. The molecular formula is C71H130N6O12. The highest BCUT2D eigenvalue weighted by molar-refractivity contribution is 5.71. The largest absolute Gasteiger partial charge is 0.466 e. The molecule has 6 aliphatic heterocycles. The molecule has 0 spiro atoms. The number of esters is 6. The molecule has 0 aromatic rings. The number of hydrogen-bond donors (Lipinski definition) is 0. The Morgan fingerprint density at radius 3 is 0.787 bits per heavy atom. The second-order valence-electron chi connectivity index (χ2n) is 27.0. The predicted octanol–water partition coefficient (Wildman–Crippen LogP) is 11.2. The molecule has 0 radical (unpaired) electrons. The summed E-state index contributed by atoms with van der Waals surface area (Å²) in [5.41, 5.74) is 0. The average molecular weight is 1260 g/mol. The van der Waals surface area contributed by atoms with Crippen molar-refractivity contribution in [1.82, 2.24) is 29.4 Å².